The number of likely N-dealkylation sites (tertiary alicyclic amines) is 1. The van der Waals surface area contributed by atoms with Crippen LogP contribution in [0.15, 0.2) is 5.38 Å². The fourth-order valence-electron chi connectivity index (χ4n) is 5.37. The maximum absolute atomic E-state index is 14.5. The lowest BCUT2D eigenvalue weighted by Crippen LogP contribution is -2.59. The lowest BCUT2D eigenvalue weighted by Gasteiger charge is -2.40. The number of nitrogens with one attached hydrogen (secondary N) is 1. The van der Waals surface area contributed by atoms with Gasteiger partial charge in [-0.25, -0.2) is 9.78 Å². The number of unbranched alkanes of at least 4 members (excludes halogenated alkanes) is 2. The molecule has 2 N–H and O–H groups in total. The molecule has 0 radical (unpaired) electrons. The number of likely N-dealkylation sites (N-methyl/N-ethyl adjacent to an activating group) is 1. The van der Waals surface area contributed by atoms with Crippen LogP contribution in [0.4, 0.5) is 0 Å². The van der Waals surface area contributed by atoms with Crippen LogP contribution in [0.3, 0.4) is 0 Å². The van der Waals surface area contributed by atoms with Gasteiger partial charge in [-0.1, -0.05) is 60.3 Å². The molecule has 2 rings (SSSR count). The Labute approximate surface area is 260 Å². The van der Waals surface area contributed by atoms with E-state index in [1.807, 2.05) is 39.6 Å². The second kappa shape index (κ2) is 18.3. The Hall–Kier alpha value is -2.57. The quantitative estimate of drug-likeness (QED) is 0.133. The largest absolute Gasteiger partial charge is 0.476 e. The summed E-state index contributed by atoms with van der Waals surface area (Å²) in [4.78, 5) is 59.5. The van der Waals surface area contributed by atoms with Gasteiger partial charge in [0.2, 0.25) is 11.8 Å². The van der Waals surface area contributed by atoms with E-state index in [1.54, 1.807) is 4.90 Å². The normalized spacial score (nSPS) is 18.5. The van der Waals surface area contributed by atoms with Crippen molar-refractivity contribution in [3.05, 3.63) is 16.1 Å². The van der Waals surface area contributed by atoms with Crippen LogP contribution in [0.5, 0.6) is 0 Å². The predicted octanol–water partition coefficient (Wildman–Crippen LogP) is 4.87. The fraction of sp³-hybridized carbons (Fsp3) is 0.774. The van der Waals surface area contributed by atoms with E-state index >= 15 is 0 Å². The molecular formula is C31H52N4O7S. The first-order valence-corrected chi connectivity index (χ1v) is 16.5. The van der Waals surface area contributed by atoms with Gasteiger partial charge in [-0.3, -0.25) is 19.3 Å². The van der Waals surface area contributed by atoms with E-state index in [2.05, 4.69) is 17.2 Å². The Morgan fingerprint density at radius 3 is 2.47 bits per heavy atom. The van der Waals surface area contributed by atoms with Crippen LogP contribution in [-0.2, 0) is 23.9 Å². The van der Waals surface area contributed by atoms with Crippen molar-refractivity contribution < 1.29 is 33.8 Å². The van der Waals surface area contributed by atoms with Gasteiger partial charge in [0.25, 0.3) is 0 Å². The van der Waals surface area contributed by atoms with Gasteiger partial charge >= 0.3 is 11.9 Å². The molecule has 1 aromatic rings. The van der Waals surface area contributed by atoms with Gasteiger partial charge < -0.3 is 24.8 Å². The number of hydrogen-bond donors (Lipinski definition) is 2. The number of ether oxygens (including phenoxy) is 2. The third-order valence-corrected chi connectivity index (χ3v) is 9.14. The van der Waals surface area contributed by atoms with E-state index < -0.39 is 30.1 Å². The van der Waals surface area contributed by atoms with Crippen molar-refractivity contribution in [3.63, 3.8) is 0 Å². The van der Waals surface area contributed by atoms with Gasteiger partial charge in [0.15, 0.2) is 11.8 Å². The number of amides is 2. The fourth-order valence-corrected chi connectivity index (χ4v) is 6.20. The second-order valence-corrected chi connectivity index (χ2v) is 12.8. The number of thiazole rings is 1. The number of esters is 1. The third-order valence-electron chi connectivity index (χ3n) is 8.21. The van der Waals surface area contributed by atoms with Crippen molar-refractivity contribution in [3.8, 4) is 0 Å². The third kappa shape index (κ3) is 11.1. The monoisotopic (exact) mass is 624 g/mol. The molecule has 1 aromatic heterocycles. The lowest BCUT2D eigenvalue weighted by molar-refractivity contribution is -0.153. The minimum atomic E-state index is -1.17. The molecule has 0 bridgehead atoms. The molecule has 11 nitrogen and oxygen atoms in total. The SMILES string of the molecule is CCCCCOCN(C(=O)C(NC(=O)C1CCCCN1C)C(C)CC)C(CC(OC(C)=O)c1nc(C(=O)O)cs1)C(C)C. The molecule has 2 heterocycles. The van der Waals surface area contributed by atoms with Crippen LogP contribution < -0.4 is 5.32 Å². The maximum atomic E-state index is 14.5. The summed E-state index contributed by atoms with van der Waals surface area (Å²) in [6.07, 6.45) is 5.68. The summed E-state index contributed by atoms with van der Waals surface area (Å²) >= 11 is 1.10. The van der Waals surface area contributed by atoms with Gasteiger partial charge in [-0.05, 0) is 44.7 Å². The maximum Gasteiger partial charge on any atom is 0.355 e. The summed E-state index contributed by atoms with van der Waals surface area (Å²) in [5, 5.41) is 14.3. The molecule has 12 heteroatoms. The topological polar surface area (TPSA) is 138 Å². The lowest BCUT2D eigenvalue weighted by atomic mass is 9.92. The number of aromatic carboxylic acids is 1. The van der Waals surface area contributed by atoms with Crippen molar-refractivity contribution in [1.82, 2.24) is 20.1 Å². The Balaban J connectivity index is 2.43. The van der Waals surface area contributed by atoms with E-state index in [0.29, 0.717) is 18.0 Å². The van der Waals surface area contributed by atoms with Crippen LogP contribution in [0.1, 0.15) is 115 Å². The number of carboxylic acids is 1. The molecule has 5 atom stereocenters. The summed E-state index contributed by atoms with van der Waals surface area (Å²) in [5.41, 5.74) is -0.127. The zero-order valence-electron chi connectivity index (χ0n) is 27.0. The van der Waals surface area contributed by atoms with E-state index in [1.165, 1.54) is 12.3 Å². The summed E-state index contributed by atoms with van der Waals surface area (Å²) in [5.74, 6) is -2.32. The van der Waals surface area contributed by atoms with Crippen LogP contribution in [-0.4, -0.2) is 88.7 Å². The molecule has 1 saturated heterocycles. The molecule has 1 fully saturated rings. The highest BCUT2D eigenvalue weighted by molar-refractivity contribution is 7.09. The van der Waals surface area contributed by atoms with Gasteiger partial charge in [0, 0.05) is 31.4 Å². The van der Waals surface area contributed by atoms with E-state index in [-0.39, 0.29) is 48.5 Å². The first-order chi connectivity index (χ1) is 20.4. The first-order valence-electron chi connectivity index (χ1n) is 15.7. The number of piperidine rings is 1. The van der Waals surface area contributed by atoms with Crippen LogP contribution in [0.2, 0.25) is 0 Å². The highest BCUT2D eigenvalue weighted by Crippen LogP contribution is 2.31. The van der Waals surface area contributed by atoms with E-state index in [9.17, 15) is 24.3 Å². The molecule has 0 aromatic carbocycles. The summed E-state index contributed by atoms with van der Waals surface area (Å²) < 4.78 is 11.7. The molecule has 5 unspecified atom stereocenters. The van der Waals surface area contributed by atoms with Crippen molar-refractivity contribution >= 4 is 35.1 Å². The molecule has 0 aliphatic carbocycles. The van der Waals surface area contributed by atoms with Gasteiger partial charge in [0.05, 0.1) is 6.04 Å². The minimum absolute atomic E-state index is 0.0164. The van der Waals surface area contributed by atoms with Crippen molar-refractivity contribution in [2.45, 2.75) is 117 Å². The van der Waals surface area contributed by atoms with Gasteiger partial charge in [-0.15, -0.1) is 11.3 Å². The van der Waals surface area contributed by atoms with E-state index in [4.69, 9.17) is 9.47 Å². The Bertz CT molecular complexity index is 1050. The first kappa shape index (κ1) is 36.6. The average Bonchev–Trinajstić information content (AvgIpc) is 3.46. The molecule has 43 heavy (non-hydrogen) atoms. The molecule has 2 amide bonds. The Morgan fingerprint density at radius 2 is 1.91 bits per heavy atom. The number of carboxylic acid groups (broad SMARTS) is 1. The molecule has 244 valence electrons. The summed E-state index contributed by atoms with van der Waals surface area (Å²) in [6, 6.07) is -1.51. The number of nitrogens with zero attached hydrogens (tertiary/aromatic N) is 3. The van der Waals surface area contributed by atoms with Crippen molar-refractivity contribution in [2.75, 3.05) is 26.9 Å². The summed E-state index contributed by atoms with van der Waals surface area (Å²) in [7, 11) is 1.94. The molecular weight excluding hydrogens is 572 g/mol. The Morgan fingerprint density at radius 1 is 1.19 bits per heavy atom. The van der Waals surface area contributed by atoms with E-state index in [0.717, 1.165) is 56.4 Å². The molecule has 0 spiro atoms. The number of aromatic nitrogens is 1. The zero-order chi connectivity index (χ0) is 32.1. The number of hydrogen-bond acceptors (Lipinski definition) is 9. The van der Waals surface area contributed by atoms with Gasteiger partial charge in [-0.2, -0.15) is 0 Å². The number of rotatable bonds is 18. The van der Waals surface area contributed by atoms with Crippen molar-refractivity contribution in [1.29, 1.82) is 0 Å². The average molecular weight is 625 g/mol. The highest BCUT2D eigenvalue weighted by atomic mass is 32.1. The standard InChI is InChI=1S/C31H52N4O7S/c1-8-10-13-16-41-19-35(30(38)27(21(5)9-2)33-28(37)24-14-11-12-15-34(24)7)25(20(3)4)17-26(42-22(6)36)29-32-23(18-43-29)31(39)40/h18,20-21,24-27H,8-17,19H2,1-7H3,(H,33,37)(H,39,40). The van der Waals surface area contributed by atoms with Gasteiger partial charge in [0.1, 0.15) is 17.8 Å². The smallest absolute Gasteiger partial charge is 0.355 e. The van der Waals surface area contributed by atoms with Crippen molar-refractivity contribution in [2.24, 2.45) is 11.8 Å². The minimum Gasteiger partial charge on any atom is -0.476 e. The summed E-state index contributed by atoms with van der Waals surface area (Å²) in [6.45, 7) is 12.6. The van der Waals surface area contributed by atoms with Crippen LogP contribution >= 0.6 is 11.3 Å². The Kier molecular flexibility index (Phi) is 15.6. The number of carbonyl (C=O) groups is 4. The predicted molar refractivity (Wildman–Crippen MR) is 166 cm³/mol. The molecule has 1 aliphatic rings. The highest BCUT2D eigenvalue weighted by Gasteiger charge is 2.39. The van der Waals surface area contributed by atoms with Crippen LogP contribution in [0, 0.1) is 11.8 Å². The van der Waals surface area contributed by atoms with Crippen LogP contribution in [0.25, 0.3) is 0 Å². The zero-order valence-corrected chi connectivity index (χ0v) is 27.8. The second-order valence-electron chi connectivity index (χ2n) is 11.9. The number of carbonyl (C=O) groups excluding carboxylic acids is 3. The molecule has 0 saturated carbocycles. The molecule has 1 aliphatic heterocycles.